The van der Waals surface area contributed by atoms with Crippen molar-refractivity contribution in [3.8, 4) is 0 Å². The normalized spacial score (nSPS) is 12.7. The van der Waals surface area contributed by atoms with Gasteiger partial charge in [-0.3, -0.25) is 0 Å². The lowest BCUT2D eigenvalue weighted by Gasteiger charge is -2.30. The molecule has 0 fully saturated rings. The van der Waals surface area contributed by atoms with Gasteiger partial charge in [-0.2, -0.15) is 0 Å². The number of rotatable bonds is 5. The van der Waals surface area contributed by atoms with Gasteiger partial charge in [0.15, 0.2) is 5.11 Å². The summed E-state index contributed by atoms with van der Waals surface area (Å²) in [7, 11) is 3.71. The van der Waals surface area contributed by atoms with E-state index in [1.807, 2.05) is 7.05 Å². The first kappa shape index (κ1) is 13.7. The van der Waals surface area contributed by atoms with E-state index >= 15 is 0 Å². The Bertz CT molecular complexity index is 174. The zero-order valence-electron chi connectivity index (χ0n) is 9.83. The molecule has 0 spiro atoms. The molecule has 0 radical (unpaired) electrons. The molecular formula is C10H22N2OS. The van der Waals surface area contributed by atoms with Gasteiger partial charge in [0.1, 0.15) is 0 Å². The molecule has 0 heterocycles. The minimum absolute atomic E-state index is 0.456. The SMILES string of the molecule is COCCNC(=S)N(C)C(C)C(C)C. The van der Waals surface area contributed by atoms with Gasteiger partial charge in [0.05, 0.1) is 6.61 Å². The average molecular weight is 218 g/mol. The maximum atomic E-state index is 5.24. The van der Waals surface area contributed by atoms with E-state index in [1.165, 1.54) is 0 Å². The molecule has 84 valence electrons. The first-order chi connectivity index (χ1) is 6.50. The van der Waals surface area contributed by atoms with Crippen LogP contribution in [0.4, 0.5) is 0 Å². The van der Waals surface area contributed by atoms with Crippen LogP contribution in [0.15, 0.2) is 0 Å². The minimum Gasteiger partial charge on any atom is -0.383 e. The second-order valence-electron chi connectivity index (χ2n) is 3.82. The summed E-state index contributed by atoms with van der Waals surface area (Å²) in [5.74, 6) is 0.599. The molecule has 0 amide bonds. The number of thiocarbonyl (C=S) groups is 1. The van der Waals surface area contributed by atoms with E-state index in [2.05, 4.69) is 31.0 Å². The highest BCUT2D eigenvalue weighted by Crippen LogP contribution is 2.07. The van der Waals surface area contributed by atoms with Crippen LogP contribution < -0.4 is 5.32 Å². The molecule has 0 saturated heterocycles. The van der Waals surface area contributed by atoms with Gasteiger partial charge in [0.25, 0.3) is 0 Å². The summed E-state index contributed by atoms with van der Waals surface area (Å²) < 4.78 is 4.94. The number of hydrogen-bond donors (Lipinski definition) is 1. The van der Waals surface area contributed by atoms with Crippen molar-refractivity contribution in [3.63, 3.8) is 0 Å². The Balaban J connectivity index is 3.86. The monoisotopic (exact) mass is 218 g/mol. The molecule has 0 aromatic heterocycles. The molecule has 4 heteroatoms. The van der Waals surface area contributed by atoms with Crippen molar-refractivity contribution in [1.29, 1.82) is 0 Å². The molecule has 1 unspecified atom stereocenters. The van der Waals surface area contributed by atoms with Gasteiger partial charge in [-0.1, -0.05) is 13.8 Å². The lowest BCUT2D eigenvalue weighted by molar-refractivity contribution is 0.202. The number of nitrogens with one attached hydrogen (secondary N) is 1. The molecule has 1 atom stereocenters. The van der Waals surface area contributed by atoms with Crippen LogP contribution in [-0.4, -0.2) is 43.4 Å². The zero-order chi connectivity index (χ0) is 11.1. The molecule has 0 bridgehead atoms. The van der Waals surface area contributed by atoms with Crippen molar-refractivity contribution in [3.05, 3.63) is 0 Å². The van der Waals surface area contributed by atoms with Crippen LogP contribution >= 0.6 is 12.2 Å². The minimum atomic E-state index is 0.456. The Morgan fingerprint density at radius 1 is 1.43 bits per heavy atom. The third-order valence-corrected chi connectivity index (χ3v) is 2.91. The average Bonchev–Trinajstić information content (AvgIpc) is 2.15. The Morgan fingerprint density at radius 3 is 2.43 bits per heavy atom. The molecule has 14 heavy (non-hydrogen) atoms. The number of hydrogen-bond acceptors (Lipinski definition) is 2. The highest BCUT2D eigenvalue weighted by atomic mass is 32.1. The molecule has 0 saturated carbocycles. The van der Waals surface area contributed by atoms with E-state index in [4.69, 9.17) is 17.0 Å². The first-order valence-electron chi connectivity index (χ1n) is 5.00. The number of nitrogens with zero attached hydrogens (tertiary/aromatic N) is 1. The van der Waals surface area contributed by atoms with Crippen molar-refractivity contribution in [2.75, 3.05) is 27.3 Å². The fraction of sp³-hybridized carbons (Fsp3) is 0.900. The Kier molecular flexibility index (Phi) is 6.83. The highest BCUT2D eigenvalue weighted by molar-refractivity contribution is 7.80. The standard InChI is InChI=1S/C10H22N2OS/c1-8(2)9(3)12(4)10(14)11-6-7-13-5/h8-9H,6-7H2,1-5H3,(H,11,14). The van der Waals surface area contributed by atoms with Crippen LogP contribution in [0.5, 0.6) is 0 Å². The first-order valence-corrected chi connectivity index (χ1v) is 5.41. The number of ether oxygens (including phenoxy) is 1. The van der Waals surface area contributed by atoms with E-state index in [9.17, 15) is 0 Å². The summed E-state index contributed by atoms with van der Waals surface area (Å²) in [5, 5.41) is 3.95. The summed E-state index contributed by atoms with van der Waals surface area (Å²) in [6.07, 6.45) is 0. The smallest absolute Gasteiger partial charge is 0.169 e. The van der Waals surface area contributed by atoms with Crippen LogP contribution in [0, 0.1) is 5.92 Å². The van der Waals surface area contributed by atoms with Crippen molar-refractivity contribution in [1.82, 2.24) is 10.2 Å². The largest absolute Gasteiger partial charge is 0.383 e. The van der Waals surface area contributed by atoms with Crippen molar-refractivity contribution < 1.29 is 4.74 Å². The second-order valence-corrected chi connectivity index (χ2v) is 4.21. The lowest BCUT2D eigenvalue weighted by atomic mass is 10.1. The van der Waals surface area contributed by atoms with Gasteiger partial charge in [0.2, 0.25) is 0 Å². The van der Waals surface area contributed by atoms with Gasteiger partial charge in [-0.05, 0) is 25.1 Å². The molecule has 0 aliphatic carbocycles. The van der Waals surface area contributed by atoms with Crippen LogP contribution in [-0.2, 0) is 4.74 Å². The van der Waals surface area contributed by atoms with Gasteiger partial charge in [0, 0.05) is 26.7 Å². The summed E-state index contributed by atoms with van der Waals surface area (Å²) in [6.45, 7) is 8.02. The van der Waals surface area contributed by atoms with E-state index in [-0.39, 0.29) is 0 Å². The molecule has 0 aromatic rings. The van der Waals surface area contributed by atoms with Crippen molar-refractivity contribution in [2.45, 2.75) is 26.8 Å². The van der Waals surface area contributed by atoms with E-state index in [1.54, 1.807) is 7.11 Å². The topological polar surface area (TPSA) is 24.5 Å². The second kappa shape index (κ2) is 7.01. The quantitative estimate of drug-likeness (QED) is 0.558. The molecule has 0 rings (SSSR count). The molecule has 1 N–H and O–H groups in total. The van der Waals surface area contributed by atoms with Gasteiger partial charge < -0.3 is 15.0 Å². The predicted molar refractivity (Wildman–Crippen MR) is 64.5 cm³/mol. The van der Waals surface area contributed by atoms with E-state index in [0.717, 1.165) is 11.7 Å². The summed E-state index contributed by atoms with van der Waals surface area (Å²) >= 11 is 5.24. The zero-order valence-corrected chi connectivity index (χ0v) is 10.6. The third-order valence-electron chi connectivity index (χ3n) is 2.48. The van der Waals surface area contributed by atoms with Gasteiger partial charge in [-0.15, -0.1) is 0 Å². The molecule has 0 aromatic carbocycles. The van der Waals surface area contributed by atoms with Crippen LogP contribution in [0.1, 0.15) is 20.8 Å². The molecular weight excluding hydrogens is 196 g/mol. The Labute approximate surface area is 92.8 Å². The fourth-order valence-corrected chi connectivity index (χ4v) is 1.29. The third kappa shape index (κ3) is 4.77. The Hall–Kier alpha value is -0.350. The Morgan fingerprint density at radius 2 is 2.00 bits per heavy atom. The fourth-order valence-electron chi connectivity index (χ4n) is 1.02. The van der Waals surface area contributed by atoms with Gasteiger partial charge >= 0.3 is 0 Å². The van der Waals surface area contributed by atoms with Crippen LogP contribution in [0.2, 0.25) is 0 Å². The summed E-state index contributed by atoms with van der Waals surface area (Å²) in [4.78, 5) is 2.09. The predicted octanol–water partition coefficient (Wildman–Crippen LogP) is 1.48. The van der Waals surface area contributed by atoms with E-state index < -0.39 is 0 Å². The van der Waals surface area contributed by atoms with Gasteiger partial charge in [-0.25, -0.2) is 0 Å². The molecule has 0 aliphatic heterocycles. The van der Waals surface area contributed by atoms with Crippen molar-refractivity contribution >= 4 is 17.3 Å². The van der Waals surface area contributed by atoms with E-state index in [0.29, 0.717) is 18.6 Å². The molecule has 0 aliphatic rings. The highest BCUT2D eigenvalue weighted by Gasteiger charge is 2.14. The number of methoxy groups -OCH3 is 1. The van der Waals surface area contributed by atoms with Crippen LogP contribution in [0.3, 0.4) is 0 Å². The maximum Gasteiger partial charge on any atom is 0.169 e. The van der Waals surface area contributed by atoms with Crippen LogP contribution in [0.25, 0.3) is 0 Å². The summed E-state index contributed by atoms with van der Waals surface area (Å²) in [5.41, 5.74) is 0. The molecule has 3 nitrogen and oxygen atoms in total. The summed E-state index contributed by atoms with van der Waals surface area (Å²) in [6, 6.07) is 0.456. The maximum absolute atomic E-state index is 5.24. The van der Waals surface area contributed by atoms with Crippen molar-refractivity contribution in [2.24, 2.45) is 5.92 Å². The lowest BCUT2D eigenvalue weighted by Crippen LogP contribution is -2.45.